The van der Waals surface area contributed by atoms with Crippen LogP contribution in [0.15, 0.2) is 48.7 Å². The molecule has 0 saturated heterocycles. The molecule has 24 heavy (non-hydrogen) atoms. The molecule has 0 aliphatic carbocycles. The van der Waals surface area contributed by atoms with Crippen molar-refractivity contribution in [3.63, 3.8) is 0 Å². The molecule has 1 aromatic heterocycles. The first-order valence-electron chi connectivity index (χ1n) is 6.84. The molecule has 1 atom stereocenters. The quantitative estimate of drug-likeness (QED) is 0.751. The molecule has 1 unspecified atom stereocenters. The SMILES string of the molecule is COC(=O)C(OCC(F)(F)F)c1ccc(Oc2ccccn2)cc1. The van der Waals surface area contributed by atoms with Crippen molar-refractivity contribution in [2.24, 2.45) is 0 Å². The lowest BCUT2D eigenvalue weighted by molar-refractivity contribution is -0.194. The Morgan fingerprint density at radius 2 is 1.88 bits per heavy atom. The molecule has 2 rings (SSSR count). The predicted octanol–water partition coefficient (Wildman–Crippen LogP) is 3.67. The molecule has 0 amide bonds. The number of carbonyl (C=O) groups excluding carboxylic acids is 1. The van der Waals surface area contributed by atoms with Crippen LogP contribution in [0.25, 0.3) is 0 Å². The van der Waals surface area contributed by atoms with Crippen molar-refractivity contribution in [3.05, 3.63) is 54.2 Å². The number of pyridine rings is 1. The number of halogens is 3. The van der Waals surface area contributed by atoms with E-state index in [-0.39, 0.29) is 5.56 Å². The van der Waals surface area contributed by atoms with Crippen molar-refractivity contribution in [3.8, 4) is 11.6 Å². The van der Waals surface area contributed by atoms with Crippen LogP contribution < -0.4 is 4.74 Å². The Hall–Kier alpha value is -2.61. The van der Waals surface area contributed by atoms with Gasteiger partial charge in [-0.3, -0.25) is 0 Å². The number of aromatic nitrogens is 1. The maximum Gasteiger partial charge on any atom is 0.411 e. The Balaban J connectivity index is 2.11. The second-order valence-electron chi connectivity index (χ2n) is 4.67. The summed E-state index contributed by atoms with van der Waals surface area (Å²) in [5.74, 6) is -0.141. The zero-order chi connectivity index (χ0) is 17.6. The molecule has 0 saturated carbocycles. The summed E-state index contributed by atoms with van der Waals surface area (Å²) in [5, 5.41) is 0. The highest BCUT2D eigenvalue weighted by atomic mass is 19.4. The Morgan fingerprint density at radius 3 is 2.42 bits per heavy atom. The molecule has 0 aliphatic heterocycles. The summed E-state index contributed by atoms with van der Waals surface area (Å²) in [6.45, 7) is -1.56. The van der Waals surface area contributed by atoms with Crippen LogP contribution in [0, 0.1) is 0 Å². The number of nitrogens with zero attached hydrogens (tertiary/aromatic N) is 1. The minimum absolute atomic E-state index is 0.222. The number of hydrogen-bond donors (Lipinski definition) is 0. The minimum atomic E-state index is -4.55. The van der Waals surface area contributed by atoms with E-state index in [1.807, 2.05) is 0 Å². The van der Waals surface area contributed by atoms with Crippen LogP contribution in [0.3, 0.4) is 0 Å². The molecule has 0 fully saturated rings. The van der Waals surface area contributed by atoms with Gasteiger partial charge in [0.15, 0.2) is 6.10 Å². The van der Waals surface area contributed by atoms with Crippen LogP contribution in [-0.2, 0) is 14.3 Å². The summed E-state index contributed by atoms with van der Waals surface area (Å²) in [7, 11) is 1.07. The fourth-order valence-electron chi connectivity index (χ4n) is 1.82. The van der Waals surface area contributed by atoms with Crippen molar-refractivity contribution < 1.29 is 32.2 Å². The van der Waals surface area contributed by atoms with Crippen LogP contribution in [0.5, 0.6) is 11.6 Å². The smallest absolute Gasteiger partial charge is 0.411 e. The summed E-state index contributed by atoms with van der Waals surface area (Å²) >= 11 is 0. The summed E-state index contributed by atoms with van der Waals surface area (Å²) < 4.78 is 51.5. The number of methoxy groups -OCH3 is 1. The van der Waals surface area contributed by atoms with E-state index in [1.165, 1.54) is 24.3 Å². The van der Waals surface area contributed by atoms with Gasteiger partial charge in [0, 0.05) is 12.3 Å². The molecular weight excluding hydrogens is 327 g/mol. The number of carbonyl (C=O) groups is 1. The van der Waals surface area contributed by atoms with Crippen LogP contribution in [0.4, 0.5) is 13.2 Å². The highest BCUT2D eigenvalue weighted by Gasteiger charge is 2.32. The average Bonchev–Trinajstić information content (AvgIpc) is 2.56. The third-order valence-electron chi connectivity index (χ3n) is 2.87. The van der Waals surface area contributed by atoms with E-state index in [4.69, 9.17) is 4.74 Å². The zero-order valence-corrected chi connectivity index (χ0v) is 12.6. The van der Waals surface area contributed by atoms with Gasteiger partial charge in [-0.15, -0.1) is 0 Å². The maximum absolute atomic E-state index is 12.3. The Bertz CT molecular complexity index is 659. The normalized spacial score (nSPS) is 12.5. The van der Waals surface area contributed by atoms with Gasteiger partial charge >= 0.3 is 12.1 Å². The molecule has 0 aliphatic rings. The lowest BCUT2D eigenvalue weighted by Crippen LogP contribution is -2.24. The second kappa shape index (κ2) is 7.78. The molecular formula is C16H14F3NO4. The van der Waals surface area contributed by atoms with E-state index in [0.717, 1.165) is 7.11 Å². The van der Waals surface area contributed by atoms with E-state index in [1.54, 1.807) is 24.4 Å². The summed E-state index contributed by atoms with van der Waals surface area (Å²) in [6.07, 6.45) is -4.46. The first-order valence-corrected chi connectivity index (χ1v) is 6.84. The lowest BCUT2D eigenvalue weighted by atomic mass is 10.1. The maximum atomic E-state index is 12.3. The average molecular weight is 341 g/mol. The lowest BCUT2D eigenvalue weighted by Gasteiger charge is -2.17. The van der Waals surface area contributed by atoms with Crippen LogP contribution in [-0.4, -0.2) is 30.8 Å². The second-order valence-corrected chi connectivity index (χ2v) is 4.67. The molecule has 5 nitrogen and oxygen atoms in total. The highest BCUT2D eigenvalue weighted by Crippen LogP contribution is 2.26. The van der Waals surface area contributed by atoms with Crippen molar-refractivity contribution in [2.45, 2.75) is 12.3 Å². The van der Waals surface area contributed by atoms with Gasteiger partial charge < -0.3 is 14.2 Å². The number of rotatable bonds is 6. The standard InChI is InChI=1S/C16H14F3NO4/c1-22-15(21)14(23-10-16(17,18)19)11-5-7-12(8-6-11)24-13-4-2-3-9-20-13/h2-9,14H,10H2,1H3. The van der Waals surface area contributed by atoms with E-state index < -0.39 is 24.9 Å². The van der Waals surface area contributed by atoms with Gasteiger partial charge in [-0.25, -0.2) is 9.78 Å². The fraction of sp³-hybridized carbons (Fsp3) is 0.250. The number of ether oxygens (including phenoxy) is 3. The van der Waals surface area contributed by atoms with Crippen molar-refractivity contribution >= 4 is 5.97 Å². The first-order chi connectivity index (χ1) is 11.4. The molecule has 2 aromatic rings. The third kappa shape index (κ3) is 5.24. The molecule has 8 heteroatoms. The van der Waals surface area contributed by atoms with Crippen LogP contribution in [0.2, 0.25) is 0 Å². The van der Waals surface area contributed by atoms with Gasteiger partial charge in [-0.2, -0.15) is 13.2 Å². The van der Waals surface area contributed by atoms with E-state index >= 15 is 0 Å². The molecule has 1 aromatic carbocycles. The van der Waals surface area contributed by atoms with E-state index in [2.05, 4.69) is 14.5 Å². The molecule has 0 spiro atoms. The van der Waals surface area contributed by atoms with Gasteiger partial charge in [-0.1, -0.05) is 18.2 Å². The molecule has 0 bridgehead atoms. The van der Waals surface area contributed by atoms with Crippen LogP contribution >= 0.6 is 0 Å². The van der Waals surface area contributed by atoms with Gasteiger partial charge in [0.05, 0.1) is 7.11 Å². The molecule has 0 N–H and O–H groups in total. The number of benzene rings is 1. The third-order valence-corrected chi connectivity index (χ3v) is 2.87. The van der Waals surface area contributed by atoms with E-state index in [9.17, 15) is 18.0 Å². The first kappa shape index (κ1) is 17.7. The highest BCUT2D eigenvalue weighted by molar-refractivity contribution is 5.76. The zero-order valence-electron chi connectivity index (χ0n) is 12.6. The molecule has 1 heterocycles. The Kier molecular flexibility index (Phi) is 5.75. The topological polar surface area (TPSA) is 57.7 Å². The minimum Gasteiger partial charge on any atom is -0.467 e. The summed E-state index contributed by atoms with van der Waals surface area (Å²) in [5.41, 5.74) is 0.222. The van der Waals surface area contributed by atoms with Gasteiger partial charge in [0.1, 0.15) is 12.4 Å². The van der Waals surface area contributed by atoms with Crippen LogP contribution in [0.1, 0.15) is 11.7 Å². The summed E-state index contributed by atoms with van der Waals surface area (Å²) in [4.78, 5) is 15.6. The number of esters is 1. The van der Waals surface area contributed by atoms with Crippen molar-refractivity contribution in [1.29, 1.82) is 0 Å². The largest absolute Gasteiger partial charge is 0.467 e. The molecule has 128 valence electrons. The van der Waals surface area contributed by atoms with Gasteiger partial charge in [0.25, 0.3) is 0 Å². The molecule has 0 radical (unpaired) electrons. The summed E-state index contributed by atoms with van der Waals surface area (Å²) in [6, 6.07) is 11.0. The number of alkyl halides is 3. The Morgan fingerprint density at radius 1 is 1.17 bits per heavy atom. The number of hydrogen-bond acceptors (Lipinski definition) is 5. The predicted molar refractivity (Wildman–Crippen MR) is 77.5 cm³/mol. The van der Waals surface area contributed by atoms with Crippen molar-refractivity contribution in [1.82, 2.24) is 4.98 Å². The fourth-order valence-corrected chi connectivity index (χ4v) is 1.82. The van der Waals surface area contributed by atoms with E-state index in [0.29, 0.717) is 11.6 Å². The monoisotopic (exact) mass is 341 g/mol. The van der Waals surface area contributed by atoms with Gasteiger partial charge in [0.2, 0.25) is 5.88 Å². The van der Waals surface area contributed by atoms with Gasteiger partial charge in [-0.05, 0) is 23.8 Å². The Labute approximate surface area is 136 Å². The van der Waals surface area contributed by atoms with Crippen molar-refractivity contribution in [2.75, 3.05) is 13.7 Å².